The second-order valence-corrected chi connectivity index (χ2v) is 6.75. The predicted molar refractivity (Wildman–Crippen MR) is 104 cm³/mol. The zero-order chi connectivity index (χ0) is 19.0. The van der Waals surface area contributed by atoms with Gasteiger partial charge in [-0.25, -0.2) is 0 Å². The number of Topliss-reactive ketones (excluding diaryl/α,β-unsaturated/α-hetero) is 2. The summed E-state index contributed by atoms with van der Waals surface area (Å²) in [6.45, 7) is 1.67. The maximum absolute atomic E-state index is 13.4. The fourth-order valence-corrected chi connectivity index (χ4v) is 3.62. The Morgan fingerprint density at radius 3 is 2.00 bits per heavy atom. The van der Waals surface area contributed by atoms with E-state index >= 15 is 0 Å². The Morgan fingerprint density at radius 2 is 1.41 bits per heavy atom. The summed E-state index contributed by atoms with van der Waals surface area (Å²) in [5, 5.41) is 13.1. The van der Waals surface area contributed by atoms with Crippen LogP contribution in [0.15, 0.2) is 78.9 Å². The highest BCUT2D eigenvalue weighted by Gasteiger charge is 2.54. The summed E-state index contributed by atoms with van der Waals surface area (Å²) in [5.41, 5.74) is 1.24. The minimum Gasteiger partial charge on any atom is -0.389 e. The number of rotatable bonds is 4. The van der Waals surface area contributed by atoms with Gasteiger partial charge in [-0.1, -0.05) is 66.7 Å². The van der Waals surface area contributed by atoms with E-state index in [0.717, 1.165) is 0 Å². The summed E-state index contributed by atoms with van der Waals surface area (Å²) in [4.78, 5) is 26.8. The van der Waals surface area contributed by atoms with Crippen LogP contribution >= 0.6 is 0 Å². The summed E-state index contributed by atoms with van der Waals surface area (Å²) < 4.78 is 0. The molecule has 0 saturated heterocycles. The van der Waals surface area contributed by atoms with Crippen LogP contribution in [0.4, 0.5) is 5.69 Å². The number of fused-ring (bicyclic) bond motifs is 1. The lowest BCUT2D eigenvalue weighted by Gasteiger charge is -2.29. The minimum absolute atomic E-state index is 0.267. The van der Waals surface area contributed by atoms with Crippen molar-refractivity contribution in [3.63, 3.8) is 0 Å². The number of carbonyl (C=O) groups is 2. The smallest absolute Gasteiger partial charge is 0.201 e. The maximum Gasteiger partial charge on any atom is 0.201 e. The Balaban J connectivity index is 1.89. The molecule has 1 aliphatic rings. The van der Waals surface area contributed by atoms with E-state index in [9.17, 15) is 14.7 Å². The van der Waals surface area contributed by atoms with Gasteiger partial charge in [0.1, 0.15) is 0 Å². The van der Waals surface area contributed by atoms with Gasteiger partial charge in [-0.2, -0.15) is 0 Å². The van der Waals surface area contributed by atoms with Crippen molar-refractivity contribution >= 4 is 17.3 Å². The van der Waals surface area contributed by atoms with Crippen LogP contribution in [-0.4, -0.2) is 16.7 Å². The van der Waals surface area contributed by atoms with Crippen molar-refractivity contribution < 1.29 is 14.7 Å². The third kappa shape index (κ3) is 2.66. The zero-order valence-electron chi connectivity index (χ0n) is 14.8. The number of carbonyl (C=O) groups excluding carboxylic acids is 2. The molecular weight excluding hydrogens is 338 g/mol. The molecule has 27 heavy (non-hydrogen) atoms. The molecule has 1 atom stereocenters. The van der Waals surface area contributed by atoms with Crippen LogP contribution in [-0.2, 0) is 5.54 Å². The molecule has 1 unspecified atom stereocenters. The Bertz CT molecular complexity index is 990. The fraction of sp³-hybridized carbons (Fsp3) is 0.130. The molecule has 0 aromatic heterocycles. The monoisotopic (exact) mass is 357 g/mol. The first kappa shape index (κ1) is 17.2. The topological polar surface area (TPSA) is 66.4 Å². The van der Waals surface area contributed by atoms with E-state index in [2.05, 4.69) is 5.32 Å². The number of ketones is 2. The lowest BCUT2D eigenvalue weighted by atomic mass is 9.84. The molecule has 0 radical (unpaired) electrons. The molecule has 0 fully saturated rings. The van der Waals surface area contributed by atoms with E-state index in [1.54, 1.807) is 67.6 Å². The van der Waals surface area contributed by atoms with Crippen molar-refractivity contribution in [2.45, 2.75) is 18.6 Å². The van der Waals surface area contributed by atoms with Gasteiger partial charge in [0, 0.05) is 16.8 Å². The van der Waals surface area contributed by atoms with Crippen LogP contribution in [0.5, 0.6) is 0 Å². The Morgan fingerprint density at radius 1 is 0.815 bits per heavy atom. The number of benzene rings is 3. The van der Waals surface area contributed by atoms with E-state index in [4.69, 9.17) is 0 Å². The molecule has 4 nitrogen and oxygen atoms in total. The summed E-state index contributed by atoms with van der Waals surface area (Å²) in [6.07, 6.45) is -0.647. The second kappa shape index (κ2) is 6.49. The summed E-state index contributed by atoms with van der Waals surface area (Å²) in [5.74, 6) is -0.534. The Labute approximate surface area is 157 Å². The highest BCUT2D eigenvalue weighted by molar-refractivity contribution is 6.34. The molecule has 0 saturated carbocycles. The average molecular weight is 357 g/mol. The SMILES string of the molecule is CC(O)c1cccc(NC2(c3ccccc3)C(=O)c3ccccc3C2=O)c1. The molecule has 3 aromatic rings. The molecule has 0 heterocycles. The molecule has 2 N–H and O–H groups in total. The Hall–Kier alpha value is -3.24. The largest absolute Gasteiger partial charge is 0.389 e. The lowest BCUT2D eigenvalue weighted by Crippen LogP contribution is -2.46. The van der Waals surface area contributed by atoms with Crippen molar-refractivity contribution in [2.75, 3.05) is 5.32 Å². The van der Waals surface area contributed by atoms with Crippen LogP contribution in [0.3, 0.4) is 0 Å². The molecule has 4 heteroatoms. The normalized spacial score (nSPS) is 16.1. The van der Waals surface area contributed by atoms with Gasteiger partial charge in [0.25, 0.3) is 0 Å². The molecule has 0 aliphatic heterocycles. The van der Waals surface area contributed by atoms with E-state index in [1.807, 2.05) is 18.2 Å². The third-order valence-electron chi connectivity index (χ3n) is 5.01. The second-order valence-electron chi connectivity index (χ2n) is 6.75. The molecule has 4 rings (SSSR count). The van der Waals surface area contributed by atoms with Gasteiger partial charge < -0.3 is 10.4 Å². The Kier molecular flexibility index (Phi) is 4.13. The first-order valence-electron chi connectivity index (χ1n) is 8.84. The van der Waals surface area contributed by atoms with Crippen molar-refractivity contribution in [1.82, 2.24) is 0 Å². The number of nitrogens with one attached hydrogen (secondary N) is 1. The first-order chi connectivity index (χ1) is 13.0. The van der Waals surface area contributed by atoms with E-state index in [0.29, 0.717) is 27.9 Å². The minimum atomic E-state index is -1.51. The van der Waals surface area contributed by atoms with Gasteiger partial charge in [0.2, 0.25) is 11.6 Å². The van der Waals surface area contributed by atoms with Gasteiger partial charge in [-0.15, -0.1) is 0 Å². The standard InChI is InChI=1S/C23H19NO3/c1-15(25)16-8-7-11-18(14-16)24-23(17-9-3-2-4-10-17)21(26)19-12-5-6-13-20(19)22(23)27/h2-15,24-25H,1H3. The van der Waals surface area contributed by atoms with Crippen LogP contribution in [0, 0.1) is 0 Å². The van der Waals surface area contributed by atoms with Crippen LogP contribution < -0.4 is 5.32 Å². The van der Waals surface area contributed by atoms with E-state index in [-0.39, 0.29) is 11.6 Å². The van der Waals surface area contributed by atoms with Gasteiger partial charge in [-0.05, 0) is 30.2 Å². The number of anilines is 1. The summed E-state index contributed by atoms with van der Waals surface area (Å²) >= 11 is 0. The van der Waals surface area contributed by atoms with Gasteiger partial charge >= 0.3 is 0 Å². The molecule has 0 amide bonds. The van der Waals surface area contributed by atoms with Crippen LogP contribution in [0.1, 0.15) is 44.9 Å². The van der Waals surface area contributed by atoms with Gasteiger partial charge in [0.05, 0.1) is 6.10 Å². The number of hydrogen-bond acceptors (Lipinski definition) is 4. The molecule has 1 aliphatic carbocycles. The van der Waals surface area contributed by atoms with E-state index < -0.39 is 11.6 Å². The highest BCUT2D eigenvalue weighted by atomic mass is 16.3. The summed E-state index contributed by atoms with van der Waals surface area (Å²) in [6, 6.07) is 23.1. The van der Waals surface area contributed by atoms with Crippen LogP contribution in [0.2, 0.25) is 0 Å². The maximum atomic E-state index is 13.4. The quantitative estimate of drug-likeness (QED) is 0.689. The molecular formula is C23H19NO3. The van der Waals surface area contributed by atoms with Crippen molar-refractivity contribution in [3.8, 4) is 0 Å². The lowest BCUT2D eigenvalue weighted by molar-refractivity contribution is 0.0819. The zero-order valence-corrected chi connectivity index (χ0v) is 14.8. The predicted octanol–water partition coefficient (Wildman–Crippen LogP) is 4.13. The average Bonchev–Trinajstić information content (AvgIpc) is 2.92. The number of aliphatic hydroxyl groups excluding tert-OH is 1. The van der Waals surface area contributed by atoms with Crippen molar-refractivity contribution in [3.05, 3.63) is 101 Å². The molecule has 134 valence electrons. The van der Waals surface area contributed by atoms with Crippen molar-refractivity contribution in [2.24, 2.45) is 0 Å². The molecule has 0 bridgehead atoms. The molecule has 0 spiro atoms. The molecule has 3 aromatic carbocycles. The number of aliphatic hydroxyl groups is 1. The highest BCUT2D eigenvalue weighted by Crippen LogP contribution is 2.40. The third-order valence-corrected chi connectivity index (χ3v) is 5.01. The summed E-state index contributed by atoms with van der Waals surface area (Å²) in [7, 11) is 0. The number of hydrogen-bond donors (Lipinski definition) is 2. The van der Waals surface area contributed by atoms with Gasteiger partial charge in [-0.3, -0.25) is 9.59 Å². The van der Waals surface area contributed by atoms with E-state index in [1.165, 1.54) is 0 Å². The van der Waals surface area contributed by atoms with Crippen molar-refractivity contribution in [1.29, 1.82) is 0 Å². The van der Waals surface area contributed by atoms with Gasteiger partial charge in [0.15, 0.2) is 5.54 Å². The first-order valence-corrected chi connectivity index (χ1v) is 8.84. The fourth-order valence-electron chi connectivity index (χ4n) is 3.62. The van der Waals surface area contributed by atoms with Crippen LogP contribution in [0.25, 0.3) is 0 Å².